The van der Waals surface area contributed by atoms with E-state index in [2.05, 4.69) is 0 Å². The molecule has 0 aliphatic rings. The van der Waals surface area contributed by atoms with Crippen molar-refractivity contribution in [3.8, 4) is 0 Å². The van der Waals surface area contributed by atoms with Crippen LogP contribution >= 0.6 is 11.6 Å². The summed E-state index contributed by atoms with van der Waals surface area (Å²) in [6.07, 6.45) is 0. The van der Waals surface area contributed by atoms with Gasteiger partial charge in [-0.2, -0.15) is 0 Å². The smallest absolute Gasteiger partial charge is 0.323 e. The number of carbonyl (C=O) groups is 2. The number of carboxylic acid groups (broad SMARTS) is 1. The number of carbonyl (C=O) groups excluding carboxylic acids is 1. The molecule has 0 radical (unpaired) electrons. The molecule has 6 heteroatoms. The summed E-state index contributed by atoms with van der Waals surface area (Å²) in [5.41, 5.74) is 0.828. The van der Waals surface area contributed by atoms with Crippen molar-refractivity contribution < 1.29 is 14.7 Å². The number of nitrogens with zero attached hydrogens (tertiary/aromatic N) is 2. The van der Waals surface area contributed by atoms with Crippen molar-refractivity contribution in [2.45, 2.75) is 32.9 Å². The summed E-state index contributed by atoms with van der Waals surface area (Å²) < 4.78 is 0. The van der Waals surface area contributed by atoms with E-state index in [0.717, 1.165) is 5.56 Å². The van der Waals surface area contributed by atoms with Gasteiger partial charge in [0.05, 0.1) is 6.04 Å². The summed E-state index contributed by atoms with van der Waals surface area (Å²) in [7, 11) is 1.65. The number of rotatable bonds is 5. The maximum atomic E-state index is 12.5. The van der Waals surface area contributed by atoms with Crippen LogP contribution in [0.15, 0.2) is 24.3 Å². The predicted molar refractivity (Wildman–Crippen MR) is 82.5 cm³/mol. The third-order valence-electron chi connectivity index (χ3n) is 3.41. The summed E-state index contributed by atoms with van der Waals surface area (Å²) in [5.74, 6) is -1.03. The minimum absolute atomic E-state index is 0.200. The van der Waals surface area contributed by atoms with Gasteiger partial charge in [0, 0.05) is 18.1 Å². The van der Waals surface area contributed by atoms with E-state index in [1.54, 1.807) is 27.0 Å². The number of urea groups is 1. The van der Waals surface area contributed by atoms with Crippen LogP contribution in [0.1, 0.15) is 32.4 Å². The van der Waals surface area contributed by atoms with Crippen molar-refractivity contribution in [1.29, 1.82) is 0 Å². The molecule has 0 saturated carbocycles. The van der Waals surface area contributed by atoms with Gasteiger partial charge in [0.25, 0.3) is 0 Å². The Morgan fingerprint density at radius 3 is 2.29 bits per heavy atom. The number of hydrogen-bond donors (Lipinski definition) is 1. The molecular weight excluding hydrogens is 292 g/mol. The average Bonchev–Trinajstić information content (AvgIpc) is 2.42. The molecule has 5 nitrogen and oxygen atoms in total. The fourth-order valence-corrected chi connectivity index (χ4v) is 2.30. The Kier molecular flexibility index (Phi) is 6.03. The second kappa shape index (κ2) is 7.31. The number of benzene rings is 1. The highest BCUT2D eigenvalue weighted by Gasteiger charge is 2.27. The van der Waals surface area contributed by atoms with E-state index < -0.39 is 5.97 Å². The van der Waals surface area contributed by atoms with E-state index in [0.29, 0.717) is 5.02 Å². The van der Waals surface area contributed by atoms with Gasteiger partial charge in [0.1, 0.15) is 6.54 Å². The molecular formula is C15H21ClN2O3. The van der Waals surface area contributed by atoms with E-state index >= 15 is 0 Å². The molecule has 21 heavy (non-hydrogen) atoms. The van der Waals surface area contributed by atoms with Gasteiger partial charge in [-0.3, -0.25) is 4.79 Å². The van der Waals surface area contributed by atoms with Crippen LogP contribution in [-0.2, 0) is 4.79 Å². The van der Waals surface area contributed by atoms with Crippen LogP contribution in [0.2, 0.25) is 5.02 Å². The highest BCUT2D eigenvalue weighted by molar-refractivity contribution is 6.31. The van der Waals surface area contributed by atoms with Crippen LogP contribution in [0.5, 0.6) is 0 Å². The first-order chi connectivity index (χ1) is 9.75. The standard InChI is InChI=1S/C15H21ClN2O3/c1-10(2)18(9-14(19)20)15(21)17(4)11(3)12-7-5-6-8-13(12)16/h5-8,10-11H,9H2,1-4H3,(H,19,20). The Labute approximate surface area is 130 Å². The quantitative estimate of drug-likeness (QED) is 0.908. The minimum Gasteiger partial charge on any atom is -0.480 e. The monoisotopic (exact) mass is 312 g/mol. The first-order valence-electron chi connectivity index (χ1n) is 6.75. The van der Waals surface area contributed by atoms with Crippen molar-refractivity contribution in [2.24, 2.45) is 0 Å². The molecule has 1 atom stereocenters. The highest BCUT2D eigenvalue weighted by atomic mass is 35.5. The van der Waals surface area contributed by atoms with E-state index in [1.165, 1.54) is 9.80 Å². The van der Waals surface area contributed by atoms with Gasteiger partial charge in [-0.25, -0.2) is 4.79 Å². The SMILES string of the molecule is CC(c1ccccc1Cl)N(C)C(=O)N(CC(=O)O)C(C)C. The average molecular weight is 313 g/mol. The summed E-state index contributed by atoms with van der Waals surface area (Å²) in [4.78, 5) is 26.2. The molecule has 1 unspecified atom stereocenters. The molecule has 0 spiro atoms. The highest BCUT2D eigenvalue weighted by Crippen LogP contribution is 2.27. The maximum absolute atomic E-state index is 12.5. The molecule has 1 N–H and O–H groups in total. The van der Waals surface area contributed by atoms with E-state index in [4.69, 9.17) is 16.7 Å². The first-order valence-corrected chi connectivity index (χ1v) is 7.13. The molecule has 0 aliphatic heterocycles. The third-order valence-corrected chi connectivity index (χ3v) is 3.76. The molecule has 2 amide bonds. The molecule has 1 aromatic rings. The summed E-state index contributed by atoms with van der Waals surface area (Å²) in [6.45, 7) is 5.11. The van der Waals surface area contributed by atoms with E-state index in [9.17, 15) is 9.59 Å². The Bertz CT molecular complexity index is 519. The summed E-state index contributed by atoms with van der Waals surface area (Å²) in [6, 6.07) is 6.52. The van der Waals surface area contributed by atoms with E-state index in [1.807, 2.05) is 25.1 Å². The number of halogens is 1. The zero-order chi connectivity index (χ0) is 16.2. The van der Waals surface area contributed by atoms with Crippen molar-refractivity contribution in [3.05, 3.63) is 34.9 Å². The van der Waals surface area contributed by atoms with Crippen molar-refractivity contribution in [1.82, 2.24) is 9.80 Å². The van der Waals surface area contributed by atoms with Crippen molar-refractivity contribution in [3.63, 3.8) is 0 Å². The molecule has 116 valence electrons. The van der Waals surface area contributed by atoms with Crippen LogP contribution < -0.4 is 0 Å². The zero-order valence-corrected chi connectivity index (χ0v) is 13.5. The lowest BCUT2D eigenvalue weighted by Crippen LogP contribution is -2.47. The van der Waals surface area contributed by atoms with Crippen LogP contribution in [0.4, 0.5) is 4.79 Å². The maximum Gasteiger partial charge on any atom is 0.323 e. The van der Waals surface area contributed by atoms with Crippen LogP contribution in [0.3, 0.4) is 0 Å². The molecule has 0 heterocycles. The van der Waals surface area contributed by atoms with Crippen molar-refractivity contribution >= 4 is 23.6 Å². The largest absolute Gasteiger partial charge is 0.480 e. The molecule has 0 aromatic heterocycles. The first kappa shape index (κ1) is 17.3. The van der Waals surface area contributed by atoms with Crippen LogP contribution in [0.25, 0.3) is 0 Å². The topological polar surface area (TPSA) is 60.9 Å². The van der Waals surface area contributed by atoms with Crippen LogP contribution in [-0.4, -0.2) is 46.5 Å². The van der Waals surface area contributed by atoms with Gasteiger partial charge in [0.15, 0.2) is 0 Å². The number of hydrogen-bond acceptors (Lipinski definition) is 2. The molecule has 0 saturated heterocycles. The van der Waals surface area contributed by atoms with Crippen molar-refractivity contribution in [2.75, 3.05) is 13.6 Å². The Morgan fingerprint density at radius 1 is 1.24 bits per heavy atom. The van der Waals surface area contributed by atoms with Gasteiger partial charge in [-0.15, -0.1) is 0 Å². The molecule has 1 rings (SSSR count). The Morgan fingerprint density at radius 2 is 1.81 bits per heavy atom. The lowest BCUT2D eigenvalue weighted by Gasteiger charge is -2.33. The third kappa shape index (κ3) is 4.36. The van der Waals surface area contributed by atoms with Gasteiger partial charge >= 0.3 is 12.0 Å². The fourth-order valence-electron chi connectivity index (χ4n) is 2.01. The predicted octanol–water partition coefficient (Wildman–Crippen LogP) is 3.25. The lowest BCUT2D eigenvalue weighted by molar-refractivity contribution is -0.138. The Balaban J connectivity index is 2.95. The second-order valence-corrected chi connectivity index (χ2v) is 5.61. The second-order valence-electron chi connectivity index (χ2n) is 5.21. The number of carboxylic acids is 1. The zero-order valence-electron chi connectivity index (χ0n) is 12.7. The van der Waals surface area contributed by atoms with Gasteiger partial charge in [0.2, 0.25) is 0 Å². The molecule has 1 aromatic carbocycles. The molecule has 0 aliphatic carbocycles. The van der Waals surface area contributed by atoms with Gasteiger partial charge in [-0.1, -0.05) is 29.8 Å². The van der Waals surface area contributed by atoms with Crippen LogP contribution in [0, 0.1) is 0 Å². The van der Waals surface area contributed by atoms with Gasteiger partial charge < -0.3 is 14.9 Å². The molecule has 0 bridgehead atoms. The Hall–Kier alpha value is -1.75. The number of amides is 2. The lowest BCUT2D eigenvalue weighted by atomic mass is 10.1. The molecule has 0 fully saturated rings. The fraction of sp³-hybridized carbons (Fsp3) is 0.467. The number of aliphatic carboxylic acids is 1. The minimum atomic E-state index is -1.03. The summed E-state index contributed by atoms with van der Waals surface area (Å²) in [5, 5.41) is 9.51. The van der Waals surface area contributed by atoms with E-state index in [-0.39, 0.29) is 24.7 Å². The summed E-state index contributed by atoms with van der Waals surface area (Å²) >= 11 is 6.15. The normalized spacial score (nSPS) is 12.1. The van der Waals surface area contributed by atoms with Gasteiger partial charge in [-0.05, 0) is 32.4 Å².